The van der Waals surface area contributed by atoms with Crippen LogP contribution in [0.25, 0.3) is 0 Å². The van der Waals surface area contributed by atoms with Crippen LogP contribution in [0.5, 0.6) is 5.75 Å². The predicted octanol–water partition coefficient (Wildman–Crippen LogP) is 4.94. The number of benzene rings is 2. The molecule has 11 heteroatoms. The number of rotatable bonds is 4. The number of sulfone groups is 1. The number of hydrogen-bond acceptors (Lipinski definition) is 4. The van der Waals surface area contributed by atoms with Gasteiger partial charge in [-0.25, -0.2) is 17.2 Å². The highest BCUT2D eigenvalue weighted by Gasteiger charge is 2.59. The van der Waals surface area contributed by atoms with Crippen molar-refractivity contribution in [3.8, 4) is 5.75 Å². The van der Waals surface area contributed by atoms with Crippen LogP contribution < -0.4 is 4.74 Å². The summed E-state index contributed by atoms with van der Waals surface area (Å²) in [6, 6.07) is 4.45. The molecule has 0 aromatic heterocycles. The Hall–Kier alpha value is -2.69. The van der Waals surface area contributed by atoms with Crippen molar-refractivity contribution in [3.63, 3.8) is 0 Å². The van der Waals surface area contributed by atoms with E-state index in [1.54, 1.807) is 0 Å². The number of ether oxygens (including phenoxy) is 1. The Bertz CT molecular complexity index is 1190. The molecule has 2 aromatic rings. The Kier molecular flexibility index (Phi) is 5.66. The van der Waals surface area contributed by atoms with Crippen LogP contribution in [0.2, 0.25) is 0 Å². The number of fused-ring (bicyclic) bond motifs is 3. The van der Waals surface area contributed by atoms with Crippen LogP contribution in [0.3, 0.4) is 0 Å². The van der Waals surface area contributed by atoms with E-state index < -0.39 is 72.0 Å². The summed E-state index contributed by atoms with van der Waals surface area (Å²) in [5, 5.41) is 9.14. The third kappa shape index (κ3) is 3.75. The second-order valence-corrected chi connectivity index (χ2v) is 10.6. The molecule has 178 valence electrons. The molecule has 0 amide bonds. The lowest BCUT2D eigenvalue weighted by Crippen LogP contribution is -2.52. The minimum atomic E-state index is -4.68. The molecule has 0 bridgehead atoms. The zero-order valence-electron chi connectivity index (χ0n) is 17.0. The van der Waals surface area contributed by atoms with Crippen molar-refractivity contribution < 1.29 is 45.0 Å². The van der Waals surface area contributed by atoms with E-state index in [4.69, 9.17) is 9.84 Å². The van der Waals surface area contributed by atoms with Gasteiger partial charge in [0.1, 0.15) is 10.6 Å². The van der Waals surface area contributed by atoms with E-state index in [1.165, 1.54) is 0 Å². The van der Waals surface area contributed by atoms with Crippen molar-refractivity contribution in [2.75, 3.05) is 6.61 Å². The van der Waals surface area contributed by atoms with E-state index in [1.807, 2.05) is 0 Å². The lowest BCUT2D eigenvalue weighted by atomic mass is 9.68. The van der Waals surface area contributed by atoms with Crippen molar-refractivity contribution in [2.24, 2.45) is 11.8 Å². The standard InChI is InChI=1S/C22H19F5O5S/c23-16-5-6-17(24)20-19(16)21(8-7-12(10-18(28)29)9-14(21)11-32-20)33(30,31)15-3-1-13(2-4-15)22(25,26)27/h1-6,12,14H,7-11H2,(H,28,29)/t12-,14-,21+/m1/s1. The maximum atomic E-state index is 15.1. The van der Waals surface area contributed by atoms with Crippen molar-refractivity contribution in [2.45, 2.75) is 41.5 Å². The highest BCUT2D eigenvalue weighted by Crippen LogP contribution is 2.57. The number of carboxylic acids is 1. The molecule has 5 nitrogen and oxygen atoms in total. The van der Waals surface area contributed by atoms with Crippen LogP contribution in [0.1, 0.15) is 36.8 Å². The SMILES string of the molecule is O=C(O)C[C@@H]1CC[C@@]2(S(=O)(=O)c3ccc(C(F)(F)F)cc3)c3c(F)ccc(F)c3OC[C@H]2C1. The molecule has 1 heterocycles. The van der Waals surface area contributed by atoms with Crippen molar-refractivity contribution in [1.29, 1.82) is 0 Å². The van der Waals surface area contributed by atoms with Gasteiger partial charge in [-0.2, -0.15) is 13.2 Å². The lowest BCUT2D eigenvalue weighted by Gasteiger charge is -2.49. The Morgan fingerprint density at radius 2 is 1.73 bits per heavy atom. The highest BCUT2D eigenvalue weighted by atomic mass is 32.2. The molecule has 2 aromatic carbocycles. The minimum absolute atomic E-state index is 0.0571. The maximum Gasteiger partial charge on any atom is 0.416 e. The number of aliphatic carboxylic acids is 1. The zero-order chi connectivity index (χ0) is 24.2. The van der Waals surface area contributed by atoms with Gasteiger partial charge in [0.15, 0.2) is 21.4 Å². The third-order valence-electron chi connectivity index (χ3n) is 6.55. The van der Waals surface area contributed by atoms with Gasteiger partial charge in [-0.1, -0.05) is 0 Å². The monoisotopic (exact) mass is 490 g/mol. The van der Waals surface area contributed by atoms with Gasteiger partial charge in [0.2, 0.25) is 0 Å². The van der Waals surface area contributed by atoms with Crippen molar-refractivity contribution in [1.82, 2.24) is 0 Å². The maximum absolute atomic E-state index is 15.1. The lowest BCUT2D eigenvalue weighted by molar-refractivity contribution is -0.139. The fraction of sp³-hybridized carbons (Fsp3) is 0.409. The fourth-order valence-electron chi connectivity index (χ4n) is 5.07. The van der Waals surface area contributed by atoms with E-state index in [-0.39, 0.29) is 32.3 Å². The van der Waals surface area contributed by atoms with Gasteiger partial charge in [0.25, 0.3) is 0 Å². The summed E-state index contributed by atoms with van der Waals surface area (Å²) < 4.78 is 99.7. The molecule has 0 unspecified atom stereocenters. The molecule has 1 saturated carbocycles. The molecule has 33 heavy (non-hydrogen) atoms. The predicted molar refractivity (Wildman–Crippen MR) is 105 cm³/mol. The van der Waals surface area contributed by atoms with Crippen LogP contribution in [0, 0.1) is 23.5 Å². The molecular weight excluding hydrogens is 471 g/mol. The Morgan fingerprint density at radius 3 is 2.33 bits per heavy atom. The summed E-state index contributed by atoms with van der Waals surface area (Å²) in [5.41, 5.74) is -1.54. The molecule has 0 radical (unpaired) electrons. The summed E-state index contributed by atoms with van der Waals surface area (Å²) >= 11 is 0. The number of carboxylic acid groups (broad SMARTS) is 1. The second-order valence-electron chi connectivity index (χ2n) is 8.39. The number of carbonyl (C=O) groups is 1. The highest BCUT2D eigenvalue weighted by molar-refractivity contribution is 7.92. The van der Waals surface area contributed by atoms with Crippen molar-refractivity contribution >= 4 is 15.8 Å². The molecule has 1 N–H and O–H groups in total. The molecule has 0 saturated heterocycles. The Balaban J connectivity index is 1.90. The number of halogens is 5. The smallest absolute Gasteiger partial charge is 0.416 e. The normalized spacial score (nSPS) is 25.0. The van der Waals surface area contributed by atoms with Gasteiger partial charge in [-0.15, -0.1) is 0 Å². The first-order valence-corrected chi connectivity index (χ1v) is 11.6. The first-order chi connectivity index (χ1) is 15.4. The topological polar surface area (TPSA) is 80.7 Å². The van der Waals surface area contributed by atoms with E-state index in [9.17, 15) is 30.8 Å². The quantitative estimate of drug-likeness (QED) is 0.615. The van der Waals surface area contributed by atoms with Crippen LogP contribution in [-0.2, 0) is 25.6 Å². The average Bonchev–Trinajstić information content (AvgIpc) is 2.74. The molecular formula is C22H19F5O5S. The van der Waals surface area contributed by atoms with Gasteiger partial charge < -0.3 is 9.84 Å². The van der Waals surface area contributed by atoms with E-state index in [0.29, 0.717) is 12.1 Å². The van der Waals surface area contributed by atoms with Crippen LogP contribution in [-0.4, -0.2) is 26.1 Å². The number of hydrogen-bond donors (Lipinski definition) is 1. The molecule has 2 aliphatic rings. The molecule has 1 fully saturated rings. The second kappa shape index (κ2) is 7.96. The van der Waals surface area contributed by atoms with Gasteiger partial charge >= 0.3 is 12.1 Å². The van der Waals surface area contributed by atoms with Gasteiger partial charge in [-0.05, 0) is 61.6 Å². The van der Waals surface area contributed by atoms with E-state index in [2.05, 4.69) is 0 Å². The van der Waals surface area contributed by atoms with E-state index in [0.717, 1.165) is 24.3 Å². The van der Waals surface area contributed by atoms with Gasteiger partial charge in [0.05, 0.1) is 22.6 Å². The summed E-state index contributed by atoms with van der Waals surface area (Å²) in [4.78, 5) is 10.7. The van der Waals surface area contributed by atoms with Gasteiger partial charge in [-0.3, -0.25) is 4.79 Å². The summed E-state index contributed by atoms with van der Waals surface area (Å²) in [6.45, 7) is -0.302. The Morgan fingerprint density at radius 1 is 1.09 bits per heavy atom. The summed E-state index contributed by atoms with van der Waals surface area (Å²) in [5.74, 6) is -4.93. The van der Waals surface area contributed by atoms with Crippen LogP contribution in [0.4, 0.5) is 22.0 Å². The molecule has 3 atom stereocenters. The van der Waals surface area contributed by atoms with E-state index >= 15 is 4.39 Å². The average molecular weight is 490 g/mol. The Labute approximate surface area is 186 Å². The van der Waals surface area contributed by atoms with Crippen LogP contribution >= 0.6 is 0 Å². The van der Waals surface area contributed by atoms with Crippen molar-refractivity contribution in [3.05, 3.63) is 59.2 Å². The summed E-state index contributed by atoms with van der Waals surface area (Å²) in [7, 11) is -4.55. The zero-order valence-corrected chi connectivity index (χ0v) is 17.8. The third-order valence-corrected chi connectivity index (χ3v) is 9.14. The molecule has 1 aliphatic carbocycles. The minimum Gasteiger partial charge on any atom is -0.490 e. The molecule has 4 rings (SSSR count). The number of alkyl halides is 3. The largest absolute Gasteiger partial charge is 0.490 e. The van der Waals surface area contributed by atoms with Crippen LogP contribution in [0.15, 0.2) is 41.3 Å². The molecule has 1 aliphatic heterocycles. The fourth-order valence-corrected chi connectivity index (χ4v) is 7.44. The first-order valence-electron chi connectivity index (χ1n) is 10.1. The molecule has 0 spiro atoms. The van der Waals surface area contributed by atoms with Gasteiger partial charge in [0, 0.05) is 12.3 Å². The first kappa shape index (κ1) is 23.5. The summed E-state index contributed by atoms with van der Waals surface area (Å²) in [6.07, 6.45) is -4.99.